The molecule has 2 aliphatic rings. The van der Waals surface area contributed by atoms with Gasteiger partial charge < -0.3 is 10.1 Å². The van der Waals surface area contributed by atoms with Crippen LogP contribution in [0.4, 0.5) is 0 Å². The van der Waals surface area contributed by atoms with Gasteiger partial charge in [0, 0.05) is 32.2 Å². The Balaban J connectivity index is 1.65. The van der Waals surface area contributed by atoms with E-state index in [0.717, 1.165) is 44.8 Å². The minimum atomic E-state index is 0.538. The largest absolute Gasteiger partial charge is 0.379 e. The van der Waals surface area contributed by atoms with E-state index in [1.165, 1.54) is 19.4 Å². The summed E-state index contributed by atoms with van der Waals surface area (Å²) in [6, 6.07) is 0.728. The van der Waals surface area contributed by atoms with Crippen LogP contribution in [0.1, 0.15) is 33.6 Å². The van der Waals surface area contributed by atoms with Gasteiger partial charge in [0.15, 0.2) is 0 Å². The van der Waals surface area contributed by atoms with E-state index in [2.05, 4.69) is 31.0 Å². The number of nitrogens with one attached hydrogen (secondary N) is 1. The van der Waals surface area contributed by atoms with Crippen LogP contribution in [-0.2, 0) is 4.74 Å². The average Bonchev–Trinajstić information content (AvgIpc) is 2.53. The van der Waals surface area contributed by atoms with Gasteiger partial charge in [-0.25, -0.2) is 0 Å². The topological polar surface area (TPSA) is 24.5 Å². The maximum Gasteiger partial charge on any atom is 0.0594 e. The van der Waals surface area contributed by atoms with Crippen LogP contribution in [-0.4, -0.2) is 50.3 Å². The van der Waals surface area contributed by atoms with Crippen LogP contribution >= 0.6 is 0 Å². The molecule has 0 amide bonds. The van der Waals surface area contributed by atoms with E-state index in [9.17, 15) is 0 Å². The monoisotopic (exact) mass is 240 g/mol. The summed E-state index contributed by atoms with van der Waals surface area (Å²) >= 11 is 0. The molecule has 3 heteroatoms. The highest BCUT2D eigenvalue weighted by Gasteiger charge is 2.36. The summed E-state index contributed by atoms with van der Waals surface area (Å²) in [6.07, 6.45) is 2.69. The second-order valence-electron chi connectivity index (χ2n) is 6.56. The molecule has 3 nitrogen and oxygen atoms in total. The Hall–Kier alpha value is -0.120. The molecule has 1 saturated heterocycles. The van der Waals surface area contributed by atoms with Crippen molar-refractivity contribution in [2.45, 2.75) is 39.7 Å². The Morgan fingerprint density at radius 1 is 1.24 bits per heavy atom. The molecule has 1 heterocycles. The van der Waals surface area contributed by atoms with Crippen LogP contribution in [0.25, 0.3) is 0 Å². The number of ether oxygens (including phenoxy) is 1. The van der Waals surface area contributed by atoms with E-state index in [4.69, 9.17) is 4.74 Å². The fourth-order valence-electron chi connectivity index (χ4n) is 3.40. The van der Waals surface area contributed by atoms with Crippen LogP contribution in [0.2, 0.25) is 0 Å². The molecule has 2 unspecified atom stereocenters. The molecule has 2 fully saturated rings. The molecule has 0 radical (unpaired) electrons. The molecule has 0 bridgehead atoms. The smallest absolute Gasteiger partial charge is 0.0594 e. The second kappa shape index (κ2) is 5.68. The predicted octanol–water partition coefficient (Wildman–Crippen LogP) is 1.73. The van der Waals surface area contributed by atoms with Gasteiger partial charge in [-0.05, 0) is 24.2 Å². The maximum absolute atomic E-state index is 5.36. The SMILES string of the molecule is CC1CC(C)(C)CC1NCCN1CCOCC1. The molecular weight excluding hydrogens is 212 g/mol. The summed E-state index contributed by atoms with van der Waals surface area (Å²) in [6.45, 7) is 13.5. The maximum atomic E-state index is 5.36. The van der Waals surface area contributed by atoms with Crippen molar-refractivity contribution in [3.8, 4) is 0 Å². The summed E-state index contributed by atoms with van der Waals surface area (Å²) < 4.78 is 5.36. The first-order valence-electron chi connectivity index (χ1n) is 7.10. The van der Waals surface area contributed by atoms with Crippen LogP contribution in [0, 0.1) is 11.3 Å². The normalized spacial score (nSPS) is 34.1. The summed E-state index contributed by atoms with van der Waals surface area (Å²) in [5.74, 6) is 0.828. The van der Waals surface area contributed by atoms with E-state index >= 15 is 0 Å². The number of morpholine rings is 1. The highest BCUT2D eigenvalue weighted by Crippen LogP contribution is 2.40. The third kappa shape index (κ3) is 3.94. The van der Waals surface area contributed by atoms with E-state index in [-0.39, 0.29) is 0 Å². The van der Waals surface area contributed by atoms with Crippen LogP contribution in [0.5, 0.6) is 0 Å². The van der Waals surface area contributed by atoms with Gasteiger partial charge in [0.05, 0.1) is 13.2 Å². The Kier molecular flexibility index (Phi) is 4.45. The first-order chi connectivity index (χ1) is 8.07. The molecule has 100 valence electrons. The zero-order valence-corrected chi connectivity index (χ0v) is 11.7. The number of rotatable bonds is 4. The molecule has 17 heavy (non-hydrogen) atoms. The van der Waals surface area contributed by atoms with Crippen molar-refractivity contribution in [1.29, 1.82) is 0 Å². The van der Waals surface area contributed by atoms with Crippen molar-refractivity contribution in [3.63, 3.8) is 0 Å². The van der Waals surface area contributed by atoms with Crippen LogP contribution < -0.4 is 5.32 Å². The Labute approximate surface area is 106 Å². The quantitative estimate of drug-likeness (QED) is 0.810. The van der Waals surface area contributed by atoms with E-state index in [1.54, 1.807) is 0 Å². The molecule has 0 aromatic carbocycles. The van der Waals surface area contributed by atoms with Gasteiger partial charge in [0.25, 0.3) is 0 Å². The van der Waals surface area contributed by atoms with Crippen molar-refractivity contribution < 1.29 is 4.74 Å². The minimum Gasteiger partial charge on any atom is -0.379 e. The Morgan fingerprint density at radius 2 is 1.94 bits per heavy atom. The molecular formula is C14H28N2O. The lowest BCUT2D eigenvalue weighted by Crippen LogP contribution is -2.42. The van der Waals surface area contributed by atoms with E-state index in [1.807, 2.05) is 0 Å². The Bertz CT molecular complexity index is 236. The molecule has 0 aromatic rings. The van der Waals surface area contributed by atoms with Crippen molar-refractivity contribution in [2.24, 2.45) is 11.3 Å². The first-order valence-corrected chi connectivity index (χ1v) is 7.10. The van der Waals surface area contributed by atoms with Gasteiger partial charge in [0.1, 0.15) is 0 Å². The minimum absolute atomic E-state index is 0.538. The molecule has 1 aliphatic carbocycles. The zero-order valence-electron chi connectivity index (χ0n) is 11.7. The average molecular weight is 240 g/mol. The lowest BCUT2D eigenvalue weighted by atomic mass is 9.91. The zero-order chi connectivity index (χ0) is 12.3. The summed E-state index contributed by atoms with van der Waals surface area (Å²) in [5, 5.41) is 3.75. The second-order valence-corrected chi connectivity index (χ2v) is 6.56. The van der Waals surface area contributed by atoms with Crippen molar-refractivity contribution in [1.82, 2.24) is 10.2 Å². The third-order valence-corrected chi connectivity index (χ3v) is 4.27. The van der Waals surface area contributed by atoms with Gasteiger partial charge >= 0.3 is 0 Å². The highest BCUT2D eigenvalue weighted by atomic mass is 16.5. The number of hydrogen-bond acceptors (Lipinski definition) is 3. The highest BCUT2D eigenvalue weighted by molar-refractivity contribution is 4.91. The fraction of sp³-hybridized carbons (Fsp3) is 1.00. The van der Waals surface area contributed by atoms with Crippen molar-refractivity contribution >= 4 is 0 Å². The Morgan fingerprint density at radius 3 is 2.53 bits per heavy atom. The molecule has 2 atom stereocenters. The first kappa shape index (κ1) is 13.3. The van der Waals surface area contributed by atoms with E-state index < -0.39 is 0 Å². The molecule has 1 aliphatic heterocycles. The van der Waals surface area contributed by atoms with Gasteiger partial charge in [-0.3, -0.25) is 4.90 Å². The predicted molar refractivity (Wildman–Crippen MR) is 71.2 cm³/mol. The number of hydrogen-bond donors (Lipinski definition) is 1. The third-order valence-electron chi connectivity index (χ3n) is 4.27. The van der Waals surface area contributed by atoms with Crippen molar-refractivity contribution in [2.75, 3.05) is 39.4 Å². The van der Waals surface area contributed by atoms with Gasteiger partial charge in [-0.15, -0.1) is 0 Å². The molecule has 1 N–H and O–H groups in total. The summed E-state index contributed by atoms with van der Waals surface area (Å²) in [7, 11) is 0. The van der Waals surface area contributed by atoms with Gasteiger partial charge in [-0.2, -0.15) is 0 Å². The summed E-state index contributed by atoms with van der Waals surface area (Å²) in [5.41, 5.74) is 0.538. The lowest BCUT2D eigenvalue weighted by Gasteiger charge is -2.27. The van der Waals surface area contributed by atoms with Crippen LogP contribution in [0.15, 0.2) is 0 Å². The summed E-state index contributed by atoms with van der Waals surface area (Å²) in [4.78, 5) is 2.50. The molecule has 2 rings (SSSR count). The molecule has 0 aromatic heterocycles. The fourth-order valence-corrected chi connectivity index (χ4v) is 3.40. The van der Waals surface area contributed by atoms with Crippen LogP contribution in [0.3, 0.4) is 0 Å². The standard InChI is InChI=1S/C14H28N2O/c1-12-10-14(2,3)11-13(12)15-4-5-16-6-8-17-9-7-16/h12-13,15H,4-11H2,1-3H3. The number of nitrogens with zero attached hydrogens (tertiary/aromatic N) is 1. The van der Waals surface area contributed by atoms with Gasteiger partial charge in [0.2, 0.25) is 0 Å². The lowest BCUT2D eigenvalue weighted by molar-refractivity contribution is 0.0380. The van der Waals surface area contributed by atoms with Crippen molar-refractivity contribution in [3.05, 3.63) is 0 Å². The van der Waals surface area contributed by atoms with E-state index in [0.29, 0.717) is 5.41 Å². The molecule has 0 spiro atoms. The van der Waals surface area contributed by atoms with Gasteiger partial charge in [-0.1, -0.05) is 20.8 Å². The molecule has 1 saturated carbocycles.